The maximum atomic E-state index is 13.3. The third-order valence-corrected chi connectivity index (χ3v) is 9.76. The number of halogens is 3. The number of fused-ring (bicyclic) bond motifs is 2. The molecule has 3 aliphatic rings. The Labute approximate surface area is 180 Å². The lowest BCUT2D eigenvalue weighted by molar-refractivity contribution is -0.137. The third-order valence-electron chi connectivity index (χ3n) is 7.79. The number of alkyl halides is 3. The number of ketones is 1. The van der Waals surface area contributed by atoms with Crippen molar-refractivity contribution < 1.29 is 26.4 Å². The maximum absolute atomic E-state index is 13.3. The number of hydrogen-bond acceptors (Lipinski definition) is 5. The molecule has 0 aromatic carbocycles. The highest BCUT2D eigenvalue weighted by molar-refractivity contribution is 7.89. The van der Waals surface area contributed by atoms with E-state index in [2.05, 4.69) is 10.3 Å². The van der Waals surface area contributed by atoms with Crippen molar-refractivity contribution in [2.75, 3.05) is 24.2 Å². The van der Waals surface area contributed by atoms with E-state index in [1.807, 2.05) is 13.8 Å². The second kappa shape index (κ2) is 7.43. The van der Waals surface area contributed by atoms with Gasteiger partial charge in [-0.3, -0.25) is 4.79 Å². The monoisotopic (exact) mass is 459 g/mol. The van der Waals surface area contributed by atoms with Gasteiger partial charge < -0.3 is 5.32 Å². The lowest BCUT2D eigenvalue weighted by Crippen LogP contribution is -2.50. The number of Topliss-reactive ketones (excluding diaryl/α,β-unsaturated/α-hetero) is 1. The van der Waals surface area contributed by atoms with Gasteiger partial charge in [-0.15, -0.1) is 0 Å². The molecule has 1 aromatic rings. The fourth-order valence-corrected chi connectivity index (χ4v) is 7.98. The Bertz CT molecular complexity index is 962. The van der Waals surface area contributed by atoms with Crippen LogP contribution in [0.25, 0.3) is 0 Å². The van der Waals surface area contributed by atoms with E-state index in [-0.39, 0.29) is 41.3 Å². The molecule has 2 bridgehead atoms. The molecule has 1 saturated heterocycles. The number of sulfonamides is 1. The quantitative estimate of drug-likeness (QED) is 0.726. The Balaban J connectivity index is 1.45. The van der Waals surface area contributed by atoms with Gasteiger partial charge in [0.15, 0.2) is 0 Å². The molecule has 1 unspecified atom stereocenters. The first-order valence-corrected chi connectivity index (χ1v) is 12.3. The summed E-state index contributed by atoms with van der Waals surface area (Å²) in [5.41, 5.74) is -1.97. The van der Waals surface area contributed by atoms with E-state index in [0.717, 1.165) is 18.7 Å². The number of nitrogens with one attached hydrogen (secondary N) is 1. The number of carbonyl (C=O) groups is 1. The molecule has 0 radical (unpaired) electrons. The van der Waals surface area contributed by atoms with Gasteiger partial charge >= 0.3 is 6.18 Å². The van der Waals surface area contributed by atoms with Crippen LogP contribution in [0.1, 0.15) is 51.5 Å². The van der Waals surface area contributed by atoms with Crippen LogP contribution < -0.4 is 5.32 Å². The van der Waals surface area contributed by atoms with Gasteiger partial charge in [0.05, 0.1) is 11.3 Å². The summed E-state index contributed by atoms with van der Waals surface area (Å²) in [5, 5.41) is 3.06. The summed E-state index contributed by atoms with van der Waals surface area (Å²) in [6.45, 7) is 4.62. The van der Waals surface area contributed by atoms with Crippen LogP contribution in [-0.4, -0.2) is 48.4 Å². The second-order valence-corrected chi connectivity index (χ2v) is 11.7. The molecule has 1 aromatic heterocycles. The molecule has 0 amide bonds. The van der Waals surface area contributed by atoms with Crippen molar-refractivity contribution in [1.29, 1.82) is 0 Å². The summed E-state index contributed by atoms with van der Waals surface area (Å²) in [5.74, 6) is 0.435. The Hall–Kier alpha value is -1.68. The van der Waals surface area contributed by atoms with Gasteiger partial charge in [-0.1, -0.05) is 13.8 Å². The van der Waals surface area contributed by atoms with Crippen molar-refractivity contribution in [1.82, 2.24) is 9.29 Å². The highest BCUT2D eigenvalue weighted by Gasteiger charge is 2.65. The number of piperidine rings is 1. The van der Waals surface area contributed by atoms with Crippen LogP contribution in [0.5, 0.6) is 0 Å². The van der Waals surface area contributed by atoms with E-state index in [1.54, 1.807) is 0 Å². The largest absolute Gasteiger partial charge is 0.417 e. The Kier molecular flexibility index (Phi) is 5.40. The van der Waals surface area contributed by atoms with Crippen LogP contribution in [0.3, 0.4) is 0 Å². The molecule has 1 N–H and O–H groups in total. The molecule has 6 nitrogen and oxygen atoms in total. The topological polar surface area (TPSA) is 79.4 Å². The lowest BCUT2D eigenvalue weighted by atomic mass is 9.70. The molecule has 2 aliphatic carbocycles. The molecule has 2 heterocycles. The first kappa shape index (κ1) is 22.5. The summed E-state index contributed by atoms with van der Waals surface area (Å²) >= 11 is 0. The van der Waals surface area contributed by atoms with Gasteiger partial charge in [-0.25, -0.2) is 13.4 Å². The van der Waals surface area contributed by atoms with Crippen molar-refractivity contribution in [3.05, 3.63) is 23.9 Å². The van der Waals surface area contributed by atoms with Gasteiger partial charge in [0.25, 0.3) is 0 Å². The number of pyridine rings is 1. The molecular weight excluding hydrogens is 431 g/mol. The highest BCUT2D eigenvalue weighted by Crippen LogP contribution is 2.64. The van der Waals surface area contributed by atoms with Crippen LogP contribution in [0.15, 0.2) is 18.3 Å². The van der Waals surface area contributed by atoms with E-state index in [0.29, 0.717) is 32.2 Å². The van der Waals surface area contributed by atoms with Crippen LogP contribution in [0.2, 0.25) is 0 Å². The lowest BCUT2D eigenvalue weighted by Gasteiger charge is -2.39. The molecular formula is C21H28F3N3O3S. The predicted molar refractivity (Wildman–Crippen MR) is 110 cm³/mol. The minimum absolute atomic E-state index is 0.0676. The molecule has 0 spiro atoms. The van der Waals surface area contributed by atoms with Crippen molar-refractivity contribution in [3.63, 3.8) is 0 Å². The van der Waals surface area contributed by atoms with Crippen LogP contribution in [0.4, 0.5) is 19.0 Å². The summed E-state index contributed by atoms with van der Waals surface area (Å²) in [6.07, 6.45) is -0.399. The second-order valence-electron chi connectivity index (χ2n) is 9.69. The van der Waals surface area contributed by atoms with E-state index < -0.39 is 27.2 Å². The molecule has 4 rings (SSSR count). The molecule has 3 fully saturated rings. The van der Waals surface area contributed by atoms with E-state index >= 15 is 0 Å². The fraction of sp³-hybridized carbons (Fsp3) is 0.714. The number of hydrogen-bond donors (Lipinski definition) is 1. The maximum Gasteiger partial charge on any atom is 0.417 e. The number of anilines is 1. The molecule has 2 saturated carbocycles. The van der Waals surface area contributed by atoms with Crippen molar-refractivity contribution in [3.8, 4) is 0 Å². The van der Waals surface area contributed by atoms with Gasteiger partial charge in [0.2, 0.25) is 10.0 Å². The van der Waals surface area contributed by atoms with Gasteiger partial charge in [-0.2, -0.15) is 17.5 Å². The Morgan fingerprint density at radius 3 is 2.55 bits per heavy atom. The fourth-order valence-electron chi connectivity index (χ4n) is 5.68. The summed E-state index contributed by atoms with van der Waals surface area (Å²) < 4.78 is 66.2. The SMILES string of the molecule is CC1(C)[C@H]2CC[C@@]1(CS(=O)(=O)N1CCCC(Nc3ccc(C(F)(F)F)cn3)C1)C(=O)C2. The predicted octanol–water partition coefficient (Wildman–Crippen LogP) is 3.70. The van der Waals surface area contributed by atoms with Crippen LogP contribution >= 0.6 is 0 Å². The molecule has 3 atom stereocenters. The van der Waals surface area contributed by atoms with Crippen LogP contribution in [0, 0.1) is 16.7 Å². The zero-order chi connectivity index (χ0) is 22.7. The highest BCUT2D eigenvalue weighted by atomic mass is 32.2. The van der Waals surface area contributed by atoms with Crippen molar-refractivity contribution in [2.24, 2.45) is 16.7 Å². The standard InChI is InChI=1S/C21H28F3N3O3S/c1-19(2)14-7-8-20(19,17(28)10-14)13-31(29,30)27-9-3-4-16(12-27)26-18-6-5-15(11-25-18)21(22,23)24/h5-6,11,14,16H,3-4,7-10,12-13H2,1-2H3,(H,25,26)/t14-,16?,20+/m0/s1. The number of aromatic nitrogens is 1. The molecule has 1 aliphatic heterocycles. The zero-order valence-corrected chi connectivity index (χ0v) is 18.5. The minimum Gasteiger partial charge on any atom is -0.366 e. The number of rotatable bonds is 5. The Morgan fingerprint density at radius 2 is 2.00 bits per heavy atom. The first-order chi connectivity index (χ1) is 14.3. The Morgan fingerprint density at radius 1 is 1.26 bits per heavy atom. The smallest absolute Gasteiger partial charge is 0.366 e. The average Bonchev–Trinajstić information content (AvgIpc) is 3.02. The van der Waals surface area contributed by atoms with E-state index in [9.17, 15) is 26.4 Å². The summed E-state index contributed by atoms with van der Waals surface area (Å²) in [7, 11) is -3.66. The van der Waals surface area contributed by atoms with E-state index in [4.69, 9.17) is 0 Å². The van der Waals surface area contributed by atoms with Gasteiger partial charge in [0, 0.05) is 37.2 Å². The average molecular weight is 460 g/mol. The minimum atomic E-state index is -4.45. The molecule has 10 heteroatoms. The van der Waals surface area contributed by atoms with Crippen molar-refractivity contribution >= 4 is 21.6 Å². The van der Waals surface area contributed by atoms with Gasteiger partial charge in [-0.05, 0) is 49.1 Å². The third kappa shape index (κ3) is 3.86. The zero-order valence-electron chi connectivity index (χ0n) is 17.7. The normalized spacial score (nSPS) is 31.2. The van der Waals surface area contributed by atoms with Crippen molar-refractivity contribution in [2.45, 2.75) is 58.2 Å². The van der Waals surface area contributed by atoms with Crippen LogP contribution in [-0.2, 0) is 21.0 Å². The molecule has 31 heavy (non-hydrogen) atoms. The molecule has 172 valence electrons. The summed E-state index contributed by atoms with van der Waals surface area (Å²) in [4.78, 5) is 16.6. The van der Waals surface area contributed by atoms with E-state index in [1.165, 1.54) is 10.4 Å². The summed E-state index contributed by atoms with van der Waals surface area (Å²) in [6, 6.07) is 1.96. The number of nitrogens with zero attached hydrogens (tertiary/aromatic N) is 2. The first-order valence-electron chi connectivity index (χ1n) is 10.7. The van der Waals surface area contributed by atoms with Gasteiger partial charge in [0.1, 0.15) is 11.6 Å². The number of carbonyl (C=O) groups excluding carboxylic acids is 1.